The quantitative estimate of drug-likeness (QED) is 0.527. The molecule has 0 fully saturated rings. The molecule has 0 aliphatic carbocycles. The Kier molecular flexibility index (Phi) is 5.13. The monoisotopic (exact) mass is 313 g/mol. The zero-order chi connectivity index (χ0) is 13.7. The third-order valence-electron chi connectivity index (χ3n) is 2.18. The summed E-state index contributed by atoms with van der Waals surface area (Å²) in [6, 6.07) is 2.92. The van der Waals surface area contributed by atoms with E-state index in [1.807, 2.05) is 0 Å². The third kappa shape index (κ3) is 3.45. The van der Waals surface area contributed by atoms with Gasteiger partial charge in [0, 0.05) is 16.1 Å². The lowest BCUT2D eigenvalue weighted by atomic mass is 10.1. The zero-order valence-electron chi connectivity index (χ0n) is 9.94. The van der Waals surface area contributed by atoms with Crippen LogP contribution >= 0.6 is 15.9 Å². The highest BCUT2D eigenvalue weighted by Gasteiger charge is 2.23. The van der Waals surface area contributed by atoms with Crippen molar-refractivity contribution in [2.75, 3.05) is 6.61 Å². The van der Waals surface area contributed by atoms with Crippen molar-refractivity contribution in [3.8, 4) is 17.6 Å². The summed E-state index contributed by atoms with van der Waals surface area (Å²) in [6.07, 6.45) is -0.870. The molecular formula is C12H12BrNO4. The van der Waals surface area contributed by atoms with Gasteiger partial charge in [0.05, 0.1) is 11.0 Å². The van der Waals surface area contributed by atoms with Gasteiger partial charge in [0.15, 0.2) is 0 Å². The molecule has 1 aromatic carbocycles. The second-order valence-electron chi connectivity index (χ2n) is 3.49. The Morgan fingerprint density at radius 1 is 1.61 bits per heavy atom. The molecule has 0 saturated carbocycles. The first kappa shape index (κ1) is 14.5. The summed E-state index contributed by atoms with van der Waals surface area (Å²) in [7, 11) is 0. The Balaban J connectivity index is 3.29. The second kappa shape index (κ2) is 6.38. The molecule has 0 aromatic heterocycles. The number of ether oxygens (including phenoxy) is 1. The Morgan fingerprint density at radius 3 is 2.78 bits per heavy atom. The Morgan fingerprint density at radius 2 is 2.28 bits per heavy atom. The van der Waals surface area contributed by atoms with Gasteiger partial charge < -0.3 is 9.84 Å². The first-order valence-electron chi connectivity index (χ1n) is 5.15. The highest BCUT2D eigenvalue weighted by atomic mass is 79.9. The molecule has 0 spiro atoms. The molecule has 0 aliphatic rings. The molecule has 0 bridgehead atoms. The molecule has 1 aromatic rings. The molecule has 1 N–H and O–H groups in total. The molecule has 6 heteroatoms. The lowest BCUT2D eigenvalue weighted by Gasteiger charge is -2.12. The van der Waals surface area contributed by atoms with Gasteiger partial charge in [-0.3, -0.25) is 10.1 Å². The second-order valence-corrected chi connectivity index (χ2v) is 4.41. The van der Waals surface area contributed by atoms with Crippen LogP contribution in [0.1, 0.15) is 25.5 Å². The molecule has 5 nitrogen and oxygen atoms in total. The van der Waals surface area contributed by atoms with Crippen molar-refractivity contribution < 1.29 is 14.8 Å². The number of aliphatic hydroxyl groups excluding tert-OH is 1. The van der Waals surface area contributed by atoms with E-state index in [4.69, 9.17) is 4.74 Å². The predicted molar refractivity (Wildman–Crippen MR) is 70.4 cm³/mol. The van der Waals surface area contributed by atoms with Crippen LogP contribution < -0.4 is 4.74 Å². The van der Waals surface area contributed by atoms with Crippen LogP contribution in [-0.2, 0) is 0 Å². The van der Waals surface area contributed by atoms with E-state index in [1.165, 1.54) is 13.0 Å². The molecule has 0 aliphatic heterocycles. The first-order chi connectivity index (χ1) is 8.47. The topological polar surface area (TPSA) is 72.6 Å². The summed E-state index contributed by atoms with van der Waals surface area (Å²) in [4.78, 5) is 10.4. The van der Waals surface area contributed by atoms with Gasteiger partial charge in [-0.05, 0) is 19.9 Å². The molecular weight excluding hydrogens is 302 g/mol. The van der Waals surface area contributed by atoms with Crippen LogP contribution in [0.3, 0.4) is 0 Å². The normalized spacial score (nSPS) is 11.3. The van der Waals surface area contributed by atoms with Crippen LogP contribution in [0.2, 0.25) is 0 Å². The van der Waals surface area contributed by atoms with Gasteiger partial charge in [-0.2, -0.15) is 0 Å². The average Bonchev–Trinajstić information content (AvgIpc) is 2.30. The fourth-order valence-corrected chi connectivity index (χ4v) is 1.85. The van der Waals surface area contributed by atoms with E-state index < -0.39 is 11.0 Å². The summed E-state index contributed by atoms with van der Waals surface area (Å²) >= 11 is 3.17. The predicted octanol–water partition coefficient (Wildman–Crippen LogP) is 2.81. The summed E-state index contributed by atoms with van der Waals surface area (Å²) in [5, 5.41) is 20.6. The van der Waals surface area contributed by atoms with E-state index in [0.29, 0.717) is 10.0 Å². The van der Waals surface area contributed by atoms with Gasteiger partial charge in [-0.15, -0.1) is 5.92 Å². The standard InChI is InChI=1S/C12H12BrNO4/c1-3-4-5-18-12-10(8(2)15)6-9(13)7-11(12)14(16)17/h6-8,15H,5H2,1-2H3/t8-/m1/s1. The van der Waals surface area contributed by atoms with Crippen molar-refractivity contribution in [1.29, 1.82) is 0 Å². The fraction of sp³-hybridized carbons (Fsp3) is 0.333. The summed E-state index contributed by atoms with van der Waals surface area (Å²) in [5.74, 6) is 5.34. The van der Waals surface area contributed by atoms with Crippen LogP contribution in [0.25, 0.3) is 0 Å². The zero-order valence-corrected chi connectivity index (χ0v) is 11.5. The van der Waals surface area contributed by atoms with Crippen LogP contribution in [0.4, 0.5) is 5.69 Å². The van der Waals surface area contributed by atoms with Gasteiger partial charge in [-0.1, -0.05) is 21.9 Å². The van der Waals surface area contributed by atoms with Crippen LogP contribution in [0.15, 0.2) is 16.6 Å². The Bertz CT molecular complexity index is 517. The van der Waals surface area contributed by atoms with Gasteiger partial charge in [0.1, 0.15) is 6.61 Å². The number of nitro groups is 1. The lowest BCUT2D eigenvalue weighted by Crippen LogP contribution is -2.04. The Labute approximate surface area is 113 Å². The number of benzene rings is 1. The number of hydrogen-bond acceptors (Lipinski definition) is 4. The molecule has 0 amide bonds. The highest BCUT2D eigenvalue weighted by molar-refractivity contribution is 9.10. The maximum atomic E-state index is 11.0. The molecule has 18 heavy (non-hydrogen) atoms. The van der Waals surface area contributed by atoms with Crippen LogP contribution in [-0.4, -0.2) is 16.6 Å². The number of nitrogens with zero attached hydrogens (tertiary/aromatic N) is 1. The average molecular weight is 314 g/mol. The summed E-state index contributed by atoms with van der Waals surface area (Å²) < 4.78 is 5.80. The van der Waals surface area contributed by atoms with Crippen molar-refractivity contribution in [1.82, 2.24) is 0 Å². The van der Waals surface area contributed by atoms with Gasteiger partial charge in [0.2, 0.25) is 5.75 Å². The molecule has 0 heterocycles. The van der Waals surface area contributed by atoms with E-state index in [9.17, 15) is 15.2 Å². The minimum Gasteiger partial charge on any atom is -0.473 e. The smallest absolute Gasteiger partial charge is 0.312 e. The van der Waals surface area contributed by atoms with Crippen molar-refractivity contribution in [2.24, 2.45) is 0 Å². The fourth-order valence-electron chi connectivity index (χ4n) is 1.38. The number of aliphatic hydroxyl groups is 1. The Hall–Kier alpha value is -1.58. The third-order valence-corrected chi connectivity index (χ3v) is 2.63. The minimum atomic E-state index is -0.870. The largest absolute Gasteiger partial charge is 0.473 e. The van der Waals surface area contributed by atoms with Crippen molar-refractivity contribution in [3.63, 3.8) is 0 Å². The minimum absolute atomic E-state index is 0.0404. The number of rotatable bonds is 4. The summed E-state index contributed by atoms with van der Waals surface area (Å²) in [5.41, 5.74) is 0.159. The van der Waals surface area contributed by atoms with E-state index in [-0.39, 0.29) is 18.0 Å². The van der Waals surface area contributed by atoms with Gasteiger partial charge >= 0.3 is 5.69 Å². The summed E-state index contributed by atoms with van der Waals surface area (Å²) in [6.45, 7) is 3.21. The number of halogens is 1. The van der Waals surface area contributed by atoms with Crippen LogP contribution in [0.5, 0.6) is 5.75 Å². The number of hydrogen-bond donors (Lipinski definition) is 1. The van der Waals surface area contributed by atoms with E-state index in [0.717, 1.165) is 0 Å². The number of nitro benzene ring substituents is 1. The molecule has 1 atom stereocenters. The van der Waals surface area contributed by atoms with Crippen molar-refractivity contribution in [3.05, 3.63) is 32.3 Å². The highest BCUT2D eigenvalue weighted by Crippen LogP contribution is 2.37. The molecule has 0 saturated heterocycles. The molecule has 0 radical (unpaired) electrons. The van der Waals surface area contributed by atoms with E-state index in [2.05, 4.69) is 27.8 Å². The van der Waals surface area contributed by atoms with Gasteiger partial charge in [0.25, 0.3) is 0 Å². The van der Waals surface area contributed by atoms with Crippen LogP contribution in [0, 0.1) is 22.0 Å². The lowest BCUT2D eigenvalue weighted by molar-refractivity contribution is -0.386. The maximum Gasteiger partial charge on any atom is 0.312 e. The van der Waals surface area contributed by atoms with Crippen molar-refractivity contribution in [2.45, 2.75) is 20.0 Å². The van der Waals surface area contributed by atoms with E-state index in [1.54, 1.807) is 13.0 Å². The molecule has 0 unspecified atom stereocenters. The molecule has 1 rings (SSSR count). The van der Waals surface area contributed by atoms with E-state index >= 15 is 0 Å². The molecule has 96 valence electrons. The van der Waals surface area contributed by atoms with Gasteiger partial charge in [-0.25, -0.2) is 0 Å². The first-order valence-corrected chi connectivity index (χ1v) is 5.95. The maximum absolute atomic E-state index is 11.0. The van der Waals surface area contributed by atoms with Crippen molar-refractivity contribution >= 4 is 21.6 Å². The SMILES string of the molecule is CC#CCOc1c([C@@H](C)O)cc(Br)cc1[N+](=O)[O-].